The van der Waals surface area contributed by atoms with Gasteiger partial charge in [0.15, 0.2) is 5.11 Å². The van der Waals surface area contributed by atoms with E-state index in [4.69, 9.17) is 17.0 Å². The molecule has 3 aromatic rings. The monoisotopic (exact) mass is 483 g/mol. The van der Waals surface area contributed by atoms with Crippen LogP contribution in [0.4, 0.5) is 11.4 Å². The Bertz CT molecular complexity index is 1210. The Hall–Kier alpha value is -3.43. The van der Waals surface area contributed by atoms with Crippen molar-refractivity contribution in [1.82, 2.24) is 5.32 Å². The van der Waals surface area contributed by atoms with Crippen molar-refractivity contribution in [2.75, 3.05) is 16.6 Å². The number of rotatable bonds is 8. The fourth-order valence-corrected chi connectivity index (χ4v) is 4.08. The maximum Gasteiger partial charge on any atom is 0.261 e. The summed E-state index contributed by atoms with van der Waals surface area (Å²) in [6.45, 7) is 4.54. The quantitative estimate of drug-likeness (QED) is 0.404. The van der Waals surface area contributed by atoms with Gasteiger partial charge in [-0.3, -0.25) is 14.8 Å². The number of hydrogen-bond donors (Lipinski definition) is 3. The highest BCUT2D eigenvalue weighted by Gasteiger charge is 2.16. The van der Waals surface area contributed by atoms with E-state index in [1.54, 1.807) is 66.7 Å². The van der Waals surface area contributed by atoms with Crippen LogP contribution in [0.1, 0.15) is 24.2 Å². The Morgan fingerprint density at radius 2 is 1.55 bits per heavy atom. The standard InChI is InChI=1S/C24H25N3O4S2/c1-17(2)16-31-22-11-7-6-10-21(22)23(28)26-24(32)25-18-12-14-20(15-13-18)33(29,30)27-19-8-4-3-5-9-19/h3-15,17,27H,16H2,1-2H3,(H2,25,26,28,32). The SMILES string of the molecule is CC(C)COc1ccccc1C(=O)NC(=S)Nc1ccc(S(=O)(=O)Nc2ccccc2)cc1. The summed E-state index contributed by atoms with van der Waals surface area (Å²) < 4.78 is 33.3. The van der Waals surface area contributed by atoms with Crippen molar-refractivity contribution in [3.63, 3.8) is 0 Å². The molecule has 0 saturated heterocycles. The topological polar surface area (TPSA) is 96.5 Å². The smallest absolute Gasteiger partial charge is 0.261 e. The van der Waals surface area contributed by atoms with Gasteiger partial charge in [0.2, 0.25) is 0 Å². The Morgan fingerprint density at radius 3 is 2.21 bits per heavy atom. The molecule has 0 aliphatic heterocycles. The Labute approximate surface area is 199 Å². The third-order valence-corrected chi connectivity index (χ3v) is 5.98. The molecule has 0 aliphatic carbocycles. The van der Waals surface area contributed by atoms with Crippen LogP contribution in [0, 0.1) is 5.92 Å². The lowest BCUT2D eigenvalue weighted by atomic mass is 10.2. The van der Waals surface area contributed by atoms with Gasteiger partial charge in [0.05, 0.1) is 17.1 Å². The van der Waals surface area contributed by atoms with E-state index in [2.05, 4.69) is 15.4 Å². The van der Waals surface area contributed by atoms with Crippen LogP contribution in [0.15, 0.2) is 83.8 Å². The molecule has 1 amide bonds. The molecule has 9 heteroatoms. The predicted octanol–water partition coefficient (Wildman–Crippen LogP) is 4.65. The number of sulfonamides is 1. The van der Waals surface area contributed by atoms with Crippen LogP contribution in [0.5, 0.6) is 5.75 Å². The van der Waals surface area contributed by atoms with Gasteiger partial charge < -0.3 is 10.1 Å². The molecule has 3 aromatic carbocycles. The summed E-state index contributed by atoms with van der Waals surface area (Å²) in [5.41, 5.74) is 1.38. The molecule has 7 nitrogen and oxygen atoms in total. The number of para-hydroxylation sites is 2. The predicted molar refractivity (Wildman–Crippen MR) is 134 cm³/mol. The van der Waals surface area contributed by atoms with Crippen molar-refractivity contribution >= 4 is 44.6 Å². The van der Waals surface area contributed by atoms with Crippen molar-refractivity contribution in [2.45, 2.75) is 18.7 Å². The van der Waals surface area contributed by atoms with Crippen molar-refractivity contribution in [1.29, 1.82) is 0 Å². The maximum atomic E-state index is 12.7. The molecule has 172 valence electrons. The summed E-state index contributed by atoms with van der Waals surface area (Å²) >= 11 is 5.24. The summed E-state index contributed by atoms with van der Waals surface area (Å²) in [5.74, 6) is 0.392. The van der Waals surface area contributed by atoms with Gasteiger partial charge >= 0.3 is 0 Å². The van der Waals surface area contributed by atoms with Crippen LogP contribution in [0.25, 0.3) is 0 Å². The van der Waals surface area contributed by atoms with E-state index >= 15 is 0 Å². The van der Waals surface area contributed by atoms with Crippen molar-refractivity contribution in [3.8, 4) is 5.75 Å². The van der Waals surface area contributed by atoms with Crippen LogP contribution >= 0.6 is 12.2 Å². The lowest BCUT2D eigenvalue weighted by Gasteiger charge is -2.14. The van der Waals surface area contributed by atoms with Gasteiger partial charge in [-0.2, -0.15) is 0 Å². The Kier molecular flexibility index (Phi) is 8.02. The normalized spacial score (nSPS) is 11.0. The third-order valence-electron chi connectivity index (χ3n) is 4.38. The van der Waals surface area contributed by atoms with E-state index in [0.717, 1.165) is 0 Å². The number of hydrogen-bond acceptors (Lipinski definition) is 5. The molecule has 0 spiro atoms. The average molecular weight is 484 g/mol. The molecule has 33 heavy (non-hydrogen) atoms. The average Bonchev–Trinajstić information content (AvgIpc) is 2.78. The number of anilines is 2. The maximum absolute atomic E-state index is 12.7. The first-order chi connectivity index (χ1) is 15.7. The number of amides is 1. The van der Waals surface area contributed by atoms with E-state index in [1.807, 2.05) is 13.8 Å². The van der Waals surface area contributed by atoms with E-state index in [0.29, 0.717) is 35.2 Å². The van der Waals surface area contributed by atoms with E-state index in [9.17, 15) is 13.2 Å². The van der Waals surface area contributed by atoms with Crippen LogP contribution < -0.4 is 20.1 Å². The molecule has 0 aromatic heterocycles. The van der Waals surface area contributed by atoms with E-state index < -0.39 is 15.9 Å². The lowest BCUT2D eigenvalue weighted by Crippen LogP contribution is -2.34. The highest BCUT2D eigenvalue weighted by Crippen LogP contribution is 2.20. The molecule has 0 fully saturated rings. The largest absolute Gasteiger partial charge is 0.492 e. The van der Waals surface area contributed by atoms with Crippen molar-refractivity contribution in [2.24, 2.45) is 5.92 Å². The van der Waals surface area contributed by atoms with Crippen molar-refractivity contribution < 1.29 is 17.9 Å². The highest BCUT2D eigenvalue weighted by molar-refractivity contribution is 7.92. The summed E-state index contributed by atoms with van der Waals surface area (Å²) in [5, 5.41) is 5.59. The number of carbonyl (C=O) groups excluding carboxylic acids is 1. The van der Waals surface area contributed by atoms with Crippen LogP contribution in [0.3, 0.4) is 0 Å². The molecule has 0 aliphatic rings. The fourth-order valence-electron chi connectivity index (χ4n) is 2.81. The number of benzene rings is 3. The number of thiocarbonyl (C=S) groups is 1. The minimum Gasteiger partial charge on any atom is -0.492 e. The molecule has 0 unspecified atom stereocenters. The number of nitrogens with one attached hydrogen (secondary N) is 3. The van der Waals surface area contributed by atoms with Crippen LogP contribution in [-0.4, -0.2) is 26.0 Å². The summed E-state index contributed by atoms with van der Waals surface area (Å²) in [4.78, 5) is 12.8. The highest BCUT2D eigenvalue weighted by atomic mass is 32.2. The molecule has 0 saturated carbocycles. The first-order valence-corrected chi connectivity index (χ1v) is 12.2. The van der Waals surface area contributed by atoms with Gasteiger partial charge in [0.25, 0.3) is 15.9 Å². The van der Waals surface area contributed by atoms with Crippen LogP contribution in [-0.2, 0) is 10.0 Å². The molecule has 3 rings (SSSR count). The Morgan fingerprint density at radius 1 is 0.909 bits per heavy atom. The van der Waals surface area contributed by atoms with E-state index in [1.165, 1.54) is 12.1 Å². The fraction of sp³-hybridized carbons (Fsp3) is 0.167. The van der Waals surface area contributed by atoms with Crippen LogP contribution in [0.2, 0.25) is 0 Å². The van der Waals surface area contributed by atoms with Gasteiger partial charge in [-0.05, 0) is 66.7 Å². The first-order valence-electron chi connectivity index (χ1n) is 10.3. The molecular formula is C24H25N3O4S2. The second kappa shape index (κ2) is 10.9. The first kappa shape index (κ1) is 24.2. The molecule has 0 atom stereocenters. The van der Waals surface area contributed by atoms with Gasteiger partial charge in [0.1, 0.15) is 5.75 Å². The zero-order chi connectivity index (χ0) is 23.8. The summed E-state index contributed by atoms with van der Waals surface area (Å²) in [6, 6.07) is 21.6. The minimum absolute atomic E-state index is 0.0803. The lowest BCUT2D eigenvalue weighted by molar-refractivity contribution is 0.0973. The molecule has 0 radical (unpaired) electrons. The molecular weight excluding hydrogens is 458 g/mol. The minimum atomic E-state index is -3.72. The van der Waals surface area contributed by atoms with Gasteiger partial charge in [-0.15, -0.1) is 0 Å². The van der Waals surface area contributed by atoms with Gasteiger partial charge in [-0.1, -0.05) is 44.2 Å². The molecule has 3 N–H and O–H groups in total. The molecule has 0 heterocycles. The van der Waals surface area contributed by atoms with E-state index in [-0.39, 0.29) is 10.0 Å². The second-order valence-corrected chi connectivity index (χ2v) is 9.70. The summed E-state index contributed by atoms with van der Waals surface area (Å²) in [7, 11) is -3.72. The van der Waals surface area contributed by atoms with Gasteiger partial charge in [0, 0.05) is 11.4 Å². The Balaban J connectivity index is 1.62. The number of carbonyl (C=O) groups is 1. The van der Waals surface area contributed by atoms with Gasteiger partial charge in [-0.25, -0.2) is 8.42 Å². The zero-order valence-electron chi connectivity index (χ0n) is 18.2. The number of ether oxygens (including phenoxy) is 1. The summed E-state index contributed by atoms with van der Waals surface area (Å²) in [6.07, 6.45) is 0. The zero-order valence-corrected chi connectivity index (χ0v) is 19.9. The second-order valence-electron chi connectivity index (χ2n) is 7.61. The third kappa shape index (κ3) is 7.03. The van der Waals surface area contributed by atoms with Crippen molar-refractivity contribution in [3.05, 3.63) is 84.4 Å². The molecule has 0 bridgehead atoms.